The number of hydrogen-bond donors (Lipinski definition) is 2. The second-order valence-electron chi connectivity index (χ2n) is 4.31. The van der Waals surface area contributed by atoms with Crippen molar-refractivity contribution in [3.63, 3.8) is 0 Å². The van der Waals surface area contributed by atoms with Gasteiger partial charge in [0.2, 0.25) is 0 Å². The number of carbonyl (C=O) groups excluding carboxylic acids is 1. The molecule has 2 rings (SSSR count). The topological polar surface area (TPSA) is 124 Å². The molecule has 2 aromatic rings. The fourth-order valence-corrected chi connectivity index (χ4v) is 2.25. The van der Waals surface area contributed by atoms with E-state index in [1.807, 2.05) is 0 Å². The minimum absolute atomic E-state index is 0.0679. The number of nitro groups is 1. The van der Waals surface area contributed by atoms with Crippen LogP contribution in [0.2, 0.25) is 15.2 Å². The Labute approximate surface area is 150 Å². The second kappa shape index (κ2) is 7.43. The van der Waals surface area contributed by atoms with Gasteiger partial charge in [0, 0.05) is 6.07 Å². The van der Waals surface area contributed by atoms with Gasteiger partial charge >= 0.3 is 0 Å². The predicted octanol–water partition coefficient (Wildman–Crippen LogP) is 3.30. The molecule has 0 atom stereocenters. The molecule has 0 saturated carbocycles. The van der Waals surface area contributed by atoms with E-state index in [2.05, 4.69) is 15.5 Å². The summed E-state index contributed by atoms with van der Waals surface area (Å²) in [7, 11) is 0. The molecular formula is C13H8Cl3N5O3. The molecule has 8 nitrogen and oxygen atoms in total. The van der Waals surface area contributed by atoms with Crippen molar-refractivity contribution in [1.29, 1.82) is 0 Å². The summed E-state index contributed by atoms with van der Waals surface area (Å²) in [6.45, 7) is 0. The highest BCUT2D eigenvalue weighted by Crippen LogP contribution is 2.34. The van der Waals surface area contributed by atoms with E-state index in [9.17, 15) is 14.9 Å². The van der Waals surface area contributed by atoms with Crippen molar-refractivity contribution in [2.45, 2.75) is 0 Å². The number of halogens is 3. The normalized spacial score (nSPS) is 10.8. The number of nitrogen functional groups attached to an aromatic ring is 1. The third-order valence-electron chi connectivity index (χ3n) is 2.79. The Hall–Kier alpha value is -2.42. The molecule has 0 fully saturated rings. The average molecular weight is 389 g/mol. The molecule has 0 saturated heterocycles. The third kappa shape index (κ3) is 3.73. The van der Waals surface area contributed by atoms with E-state index in [-0.39, 0.29) is 37.8 Å². The predicted molar refractivity (Wildman–Crippen MR) is 91.8 cm³/mol. The van der Waals surface area contributed by atoms with Crippen LogP contribution in [-0.4, -0.2) is 22.0 Å². The van der Waals surface area contributed by atoms with Crippen LogP contribution in [0.3, 0.4) is 0 Å². The lowest BCUT2D eigenvalue weighted by Crippen LogP contribution is -2.20. The molecule has 0 aliphatic heterocycles. The number of pyridine rings is 1. The fourth-order valence-electron chi connectivity index (χ4n) is 1.66. The zero-order valence-corrected chi connectivity index (χ0v) is 13.9. The number of benzene rings is 1. The van der Waals surface area contributed by atoms with Gasteiger partial charge in [-0.05, 0) is 6.07 Å². The van der Waals surface area contributed by atoms with Crippen LogP contribution in [0.15, 0.2) is 29.4 Å². The largest absolute Gasteiger partial charge is 0.396 e. The van der Waals surface area contributed by atoms with E-state index in [1.54, 1.807) is 6.07 Å². The quantitative estimate of drug-likeness (QED) is 0.360. The van der Waals surface area contributed by atoms with Crippen LogP contribution >= 0.6 is 34.8 Å². The number of hydrogen-bond acceptors (Lipinski definition) is 6. The zero-order valence-electron chi connectivity index (χ0n) is 11.7. The van der Waals surface area contributed by atoms with E-state index in [1.165, 1.54) is 18.2 Å². The molecule has 0 bridgehead atoms. The number of nitro benzene ring substituents is 1. The summed E-state index contributed by atoms with van der Waals surface area (Å²) in [4.78, 5) is 26.1. The number of nitrogens with zero attached hydrogens (tertiary/aromatic N) is 3. The first-order chi connectivity index (χ1) is 11.3. The zero-order chi connectivity index (χ0) is 17.9. The van der Waals surface area contributed by atoms with Gasteiger partial charge in [-0.25, -0.2) is 10.4 Å². The van der Waals surface area contributed by atoms with Crippen molar-refractivity contribution in [2.75, 3.05) is 5.73 Å². The van der Waals surface area contributed by atoms with Crippen molar-refractivity contribution in [2.24, 2.45) is 5.10 Å². The van der Waals surface area contributed by atoms with Gasteiger partial charge in [-0.2, -0.15) is 5.10 Å². The lowest BCUT2D eigenvalue weighted by Gasteiger charge is -2.07. The lowest BCUT2D eigenvalue weighted by molar-refractivity contribution is -0.385. The van der Waals surface area contributed by atoms with Gasteiger partial charge in [-0.3, -0.25) is 14.9 Å². The molecule has 11 heteroatoms. The Bertz CT molecular complexity index is 857. The number of para-hydroxylation sites is 1. The number of amides is 1. The standard InChI is InChI=1S/C13H8Cl3N5O3/c14-8-10(17)9(15)12(16)19-11(8)13(22)20-18-5-6-3-1-2-4-7(6)21(23)24/h1-5H,(H2,17,19)(H,20,22). The Morgan fingerprint density at radius 1 is 1.29 bits per heavy atom. The molecule has 1 aromatic carbocycles. The van der Waals surface area contributed by atoms with Gasteiger partial charge in [-0.1, -0.05) is 46.9 Å². The maximum atomic E-state index is 12.0. The number of nitrogens with one attached hydrogen (secondary N) is 1. The van der Waals surface area contributed by atoms with E-state index in [4.69, 9.17) is 40.5 Å². The average Bonchev–Trinajstić information content (AvgIpc) is 2.56. The number of nitrogens with two attached hydrogens (primary N) is 1. The van der Waals surface area contributed by atoms with Crippen LogP contribution in [0.4, 0.5) is 11.4 Å². The summed E-state index contributed by atoms with van der Waals surface area (Å²) in [5.41, 5.74) is 7.42. The molecule has 0 aliphatic rings. The molecular weight excluding hydrogens is 381 g/mol. The molecule has 1 aromatic heterocycles. The highest BCUT2D eigenvalue weighted by Gasteiger charge is 2.19. The molecule has 0 radical (unpaired) electrons. The van der Waals surface area contributed by atoms with Crippen molar-refractivity contribution < 1.29 is 9.72 Å². The summed E-state index contributed by atoms with van der Waals surface area (Å²) in [6, 6.07) is 5.88. The molecule has 1 amide bonds. The molecule has 124 valence electrons. The Balaban J connectivity index is 2.22. The van der Waals surface area contributed by atoms with Crippen LogP contribution in [0.5, 0.6) is 0 Å². The molecule has 3 N–H and O–H groups in total. The summed E-state index contributed by atoms with van der Waals surface area (Å²) in [5.74, 6) is -0.805. The SMILES string of the molecule is Nc1c(Cl)c(Cl)nc(C(=O)NN=Cc2ccccc2[N+](=O)[O-])c1Cl. The lowest BCUT2D eigenvalue weighted by atomic mass is 10.2. The highest BCUT2D eigenvalue weighted by atomic mass is 35.5. The Morgan fingerprint density at radius 3 is 2.62 bits per heavy atom. The van der Waals surface area contributed by atoms with Crippen LogP contribution in [0, 0.1) is 10.1 Å². The summed E-state index contributed by atoms with van der Waals surface area (Å²) in [5, 5.41) is 14.1. The van der Waals surface area contributed by atoms with Gasteiger partial charge in [0.05, 0.1) is 27.4 Å². The van der Waals surface area contributed by atoms with E-state index in [0.29, 0.717) is 0 Å². The minimum Gasteiger partial charge on any atom is -0.396 e. The Morgan fingerprint density at radius 2 is 1.96 bits per heavy atom. The molecule has 0 spiro atoms. The van der Waals surface area contributed by atoms with Crippen LogP contribution < -0.4 is 11.2 Å². The number of carbonyl (C=O) groups is 1. The third-order valence-corrected chi connectivity index (χ3v) is 3.93. The van der Waals surface area contributed by atoms with Gasteiger partial charge in [0.1, 0.15) is 5.02 Å². The second-order valence-corrected chi connectivity index (χ2v) is 5.42. The number of aromatic nitrogens is 1. The molecule has 24 heavy (non-hydrogen) atoms. The molecule has 1 heterocycles. The fraction of sp³-hybridized carbons (Fsp3) is 0. The molecule has 0 aliphatic carbocycles. The monoisotopic (exact) mass is 387 g/mol. The van der Waals surface area contributed by atoms with Crippen molar-refractivity contribution in [3.8, 4) is 0 Å². The first-order valence-corrected chi connectivity index (χ1v) is 7.33. The van der Waals surface area contributed by atoms with Crippen LogP contribution in [0.25, 0.3) is 0 Å². The highest BCUT2D eigenvalue weighted by molar-refractivity contribution is 6.46. The number of rotatable bonds is 4. The van der Waals surface area contributed by atoms with E-state index in [0.717, 1.165) is 6.21 Å². The van der Waals surface area contributed by atoms with Crippen molar-refractivity contribution in [1.82, 2.24) is 10.4 Å². The van der Waals surface area contributed by atoms with Crippen molar-refractivity contribution >= 4 is 58.3 Å². The van der Waals surface area contributed by atoms with Gasteiger partial charge in [-0.15, -0.1) is 0 Å². The maximum Gasteiger partial charge on any atom is 0.291 e. The number of hydrazone groups is 1. The van der Waals surface area contributed by atoms with Gasteiger partial charge < -0.3 is 5.73 Å². The summed E-state index contributed by atoms with van der Waals surface area (Å²) in [6.07, 6.45) is 1.12. The first kappa shape index (κ1) is 17.9. The smallest absolute Gasteiger partial charge is 0.291 e. The summed E-state index contributed by atoms with van der Waals surface area (Å²) >= 11 is 17.4. The minimum atomic E-state index is -0.805. The van der Waals surface area contributed by atoms with E-state index < -0.39 is 10.8 Å². The van der Waals surface area contributed by atoms with Crippen molar-refractivity contribution in [3.05, 3.63) is 60.8 Å². The van der Waals surface area contributed by atoms with Crippen LogP contribution in [0.1, 0.15) is 16.1 Å². The summed E-state index contributed by atoms with van der Waals surface area (Å²) < 4.78 is 0. The first-order valence-electron chi connectivity index (χ1n) is 6.19. The number of anilines is 1. The van der Waals surface area contributed by atoms with Crippen LogP contribution in [-0.2, 0) is 0 Å². The molecule has 0 unspecified atom stereocenters. The van der Waals surface area contributed by atoms with Gasteiger partial charge in [0.15, 0.2) is 10.8 Å². The maximum absolute atomic E-state index is 12.0. The Kier molecular flexibility index (Phi) is 5.55. The van der Waals surface area contributed by atoms with Gasteiger partial charge in [0.25, 0.3) is 11.6 Å². The van der Waals surface area contributed by atoms with E-state index >= 15 is 0 Å².